The van der Waals surface area contributed by atoms with E-state index < -0.39 is 0 Å². The van der Waals surface area contributed by atoms with Crippen molar-refractivity contribution in [3.05, 3.63) is 40.2 Å². The topological polar surface area (TPSA) is 41.6 Å². The summed E-state index contributed by atoms with van der Waals surface area (Å²) in [5.41, 5.74) is 3.07. The maximum absolute atomic E-state index is 9.42. The number of benzene rings is 1. The van der Waals surface area contributed by atoms with Crippen LogP contribution in [0.3, 0.4) is 0 Å². The molecule has 0 aliphatic heterocycles. The van der Waals surface area contributed by atoms with Crippen LogP contribution in [0.5, 0.6) is 0 Å². The Morgan fingerprint density at radius 2 is 2.16 bits per heavy atom. The van der Waals surface area contributed by atoms with Gasteiger partial charge in [0.05, 0.1) is 27.7 Å². The molecule has 19 heavy (non-hydrogen) atoms. The molecule has 5 heteroatoms. The first-order chi connectivity index (χ1) is 9.10. The highest BCUT2D eigenvalue weighted by Crippen LogP contribution is 2.29. The Hall–Kier alpha value is -1.44. The van der Waals surface area contributed by atoms with Crippen LogP contribution < -0.4 is 0 Å². The number of hydrogen-bond donors (Lipinski definition) is 0. The van der Waals surface area contributed by atoms with Gasteiger partial charge in [0, 0.05) is 4.90 Å². The van der Waals surface area contributed by atoms with Crippen LogP contribution in [-0.4, -0.2) is 15.5 Å². The van der Waals surface area contributed by atoms with E-state index in [4.69, 9.17) is 11.6 Å². The molecule has 98 valence electrons. The van der Waals surface area contributed by atoms with Crippen molar-refractivity contribution in [1.82, 2.24) is 9.78 Å². The Morgan fingerprint density at radius 1 is 1.42 bits per heavy atom. The van der Waals surface area contributed by atoms with Crippen LogP contribution in [0.4, 0.5) is 0 Å². The number of thioether (sulfide) groups is 1. The summed E-state index contributed by atoms with van der Waals surface area (Å²) in [5.74, 6) is 0.927. The van der Waals surface area contributed by atoms with Crippen LogP contribution in [-0.2, 0) is 0 Å². The minimum absolute atomic E-state index is 0.650. The van der Waals surface area contributed by atoms with Gasteiger partial charge in [0.15, 0.2) is 0 Å². The maximum atomic E-state index is 9.42. The Balaban J connectivity index is 2.66. The minimum atomic E-state index is 0.650. The van der Waals surface area contributed by atoms with Crippen molar-refractivity contribution in [2.24, 2.45) is 0 Å². The number of aryl methyl sites for hydroxylation is 1. The Labute approximate surface area is 122 Å². The molecule has 1 heterocycles. The number of halogens is 1. The molecule has 0 atom stereocenters. The normalized spacial score (nSPS) is 10.5. The fraction of sp³-hybridized carbons (Fsp3) is 0.286. The Kier molecular flexibility index (Phi) is 4.18. The summed E-state index contributed by atoms with van der Waals surface area (Å²) in [7, 11) is 0. The molecule has 1 aromatic carbocycles. The van der Waals surface area contributed by atoms with Gasteiger partial charge in [-0.3, -0.25) is 0 Å². The average Bonchev–Trinajstić information content (AvgIpc) is 2.66. The summed E-state index contributed by atoms with van der Waals surface area (Å²) in [4.78, 5) is 0.978. The van der Waals surface area contributed by atoms with Crippen LogP contribution in [0.15, 0.2) is 23.1 Å². The van der Waals surface area contributed by atoms with Crippen molar-refractivity contribution in [1.29, 1.82) is 5.26 Å². The van der Waals surface area contributed by atoms with Crippen molar-refractivity contribution >= 4 is 23.4 Å². The predicted molar refractivity (Wildman–Crippen MR) is 79.2 cm³/mol. The first-order valence-electron chi connectivity index (χ1n) is 5.98. The van der Waals surface area contributed by atoms with E-state index in [1.54, 1.807) is 16.4 Å². The van der Waals surface area contributed by atoms with Gasteiger partial charge < -0.3 is 0 Å². The van der Waals surface area contributed by atoms with Crippen molar-refractivity contribution in [3.8, 4) is 11.8 Å². The van der Waals surface area contributed by atoms with Gasteiger partial charge in [-0.2, -0.15) is 10.4 Å². The largest absolute Gasteiger partial charge is 0.235 e. The molecule has 0 unspecified atom stereocenters. The van der Waals surface area contributed by atoms with E-state index in [0.717, 1.165) is 27.7 Å². The van der Waals surface area contributed by atoms with Crippen LogP contribution in [0, 0.1) is 25.2 Å². The molecular formula is C14H14ClN3S. The molecule has 0 saturated heterocycles. The maximum Gasteiger partial charge on any atom is 0.103 e. The molecule has 0 bridgehead atoms. The van der Waals surface area contributed by atoms with E-state index >= 15 is 0 Å². The van der Waals surface area contributed by atoms with Gasteiger partial charge in [-0.1, -0.05) is 24.6 Å². The minimum Gasteiger partial charge on any atom is -0.235 e. The molecule has 0 aliphatic rings. The number of nitriles is 1. The SMILES string of the molecule is CCSc1cccc(-n2nc(C)c(Cl)c2C)c1C#N. The second kappa shape index (κ2) is 5.68. The third kappa shape index (κ3) is 2.49. The molecule has 0 amide bonds. The fourth-order valence-corrected chi connectivity index (χ4v) is 2.84. The molecule has 3 nitrogen and oxygen atoms in total. The average molecular weight is 292 g/mol. The van der Waals surface area contributed by atoms with Gasteiger partial charge in [0.1, 0.15) is 6.07 Å². The first kappa shape index (κ1) is 14.0. The monoisotopic (exact) mass is 291 g/mol. The number of rotatable bonds is 3. The van der Waals surface area contributed by atoms with E-state index in [-0.39, 0.29) is 0 Å². The third-order valence-electron chi connectivity index (χ3n) is 2.85. The third-order valence-corrected chi connectivity index (χ3v) is 4.33. The lowest BCUT2D eigenvalue weighted by Crippen LogP contribution is -2.03. The zero-order valence-electron chi connectivity index (χ0n) is 11.1. The summed E-state index contributed by atoms with van der Waals surface area (Å²) in [6.45, 7) is 5.84. The molecule has 2 aromatic rings. The number of nitrogens with zero attached hydrogens (tertiary/aromatic N) is 3. The van der Waals surface area contributed by atoms with Crippen molar-refractivity contribution in [2.45, 2.75) is 25.7 Å². The van der Waals surface area contributed by atoms with E-state index in [1.807, 2.05) is 32.0 Å². The standard InChI is InChI=1S/C14H14ClN3S/c1-4-19-13-7-5-6-12(11(13)8-16)18-10(3)14(15)9(2)17-18/h5-7H,4H2,1-3H3. The number of aromatic nitrogens is 2. The summed E-state index contributed by atoms with van der Waals surface area (Å²) in [6.07, 6.45) is 0. The second-order valence-electron chi connectivity index (χ2n) is 4.09. The zero-order valence-corrected chi connectivity index (χ0v) is 12.6. The van der Waals surface area contributed by atoms with Crippen LogP contribution in [0.25, 0.3) is 5.69 Å². The van der Waals surface area contributed by atoms with E-state index in [1.165, 1.54) is 0 Å². The van der Waals surface area contributed by atoms with E-state index in [0.29, 0.717) is 10.6 Å². The van der Waals surface area contributed by atoms with Gasteiger partial charge in [0.25, 0.3) is 0 Å². The van der Waals surface area contributed by atoms with Crippen molar-refractivity contribution in [2.75, 3.05) is 5.75 Å². The lowest BCUT2D eigenvalue weighted by atomic mass is 10.2. The van der Waals surface area contributed by atoms with Crippen molar-refractivity contribution < 1.29 is 0 Å². The summed E-state index contributed by atoms with van der Waals surface area (Å²) in [6, 6.07) is 8.08. The van der Waals surface area contributed by atoms with Gasteiger partial charge in [-0.25, -0.2) is 4.68 Å². The highest BCUT2D eigenvalue weighted by Gasteiger charge is 2.15. The summed E-state index contributed by atoms with van der Waals surface area (Å²) in [5, 5.41) is 14.5. The quantitative estimate of drug-likeness (QED) is 0.799. The zero-order chi connectivity index (χ0) is 14.0. The fourth-order valence-electron chi connectivity index (χ4n) is 1.94. The molecule has 2 rings (SSSR count). The van der Waals surface area contributed by atoms with Crippen LogP contribution in [0.1, 0.15) is 23.9 Å². The molecular weight excluding hydrogens is 278 g/mol. The molecule has 0 aliphatic carbocycles. The smallest absolute Gasteiger partial charge is 0.103 e. The second-order valence-corrected chi connectivity index (χ2v) is 5.78. The van der Waals surface area contributed by atoms with Gasteiger partial charge in [0.2, 0.25) is 0 Å². The Bertz CT molecular complexity index is 655. The molecule has 0 spiro atoms. The van der Waals surface area contributed by atoms with Gasteiger partial charge in [-0.15, -0.1) is 11.8 Å². The highest BCUT2D eigenvalue weighted by molar-refractivity contribution is 7.99. The van der Waals surface area contributed by atoms with Crippen molar-refractivity contribution in [3.63, 3.8) is 0 Å². The summed E-state index contributed by atoms with van der Waals surface area (Å²) < 4.78 is 1.75. The molecule has 0 fully saturated rings. The van der Waals surface area contributed by atoms with Gasteiger partial charge in [-0.05, 0) is 31.7 Å². The van der Waals surface area contributed by atoms with Crippen LogP contribution in [0.2, 0.25) is 5.02 Å². The van der Waals surface area contributed by atoms with E-state index in [2.05, 4.69) is 18.1 Å². The molecule has 0 radical (unpaired) electrons. The van der Waals surface area contributed by atoms with Crippen LogP contribution >= 0.6 is 23.4 Å². The van der Waals surface area contributed by atoms with E-state index in [9.17, 15) is 5.26 Å². The summed E-state index contributed by atoms with van der Waals surface area (Å²) >= 11 is 7.83. The molecule has 1 aromatic heterocycles. The van der Waals surface area contributed by atoms with Gasteiger partial charge >= 0.3 is 0 Å². The Morgan fingerprint density at radius 3 is 2.68 bits per heavy atom. The predicted octanol–water partition coefficient (Wildman–Crippen LogP) is 4.13. The lowest BCUT2D eigenvalue weighted by molar-refractivity contribution is 0.828. The molecule has 0 N–H and O–H groups in total. The highest BCUT2D eigenvalue weighted by atomic mass is 35.5. The number of hydrogen-bond acceptors (Lipinski definition) is 3. The molecule has 0 saturated carbocycles. The first-order valence-corrected chi connectivity index (χ1v) is 7.34. The lowest BCUT2D eigenvalue weighted by Gasteiger charge is -2.10.